The first-order valence-electron chi connectivity index (χ1n) is 6.08. The molecule has 0 atom stereocenters. The van der Waals surface area contributed by atoms with Gasteiger partial charge >= 0.3 is 0 Å². The molecule has 0 fully saturated rings. The van der Waals surface area contributed by atoms with Gasteiger partial charge in [0, 0.05) is 21.6 Å². The summed E-state index contributed by atoms with van der Waals surface area (Å²) in [5, 5.41) is 4.94. The fourth-order valence-corrected chi connectivity index (χ4v) is 4.40. The predicted octanol–water partition coefficient (Wildman–Crippen LogP) is 3.42. The molecule has 0 aliphatic rings. The molecule has 0 bridgehead atoms. The van der Waals surface area contributed by atoms with Crippen molar-refractivity contribution in [2.75, 3.05) is 11.3 Å². The van der Waals surface area contributed by atoms with Crippen molar-refractivity contribution in [1.82, 2.24) is 5.32 Å². The highest BCUT2D eigenvalue weighted by Gasteiger charge is 2.19. The maximum absolute atomic E-state index is 12.4. The fraction of sp³-hybridized carbons (Fsp3) is 0.231. The van der Waals surface area contributed by atoms with Crippen LogP contribution in [0.5, 0.6) is 0 Å². The summed E-state index contributed by atoms with van der Waals surface area (Å²) in [6.45, 7) is 3.35. The van der Waals surface area contributed by atoms with Gasteiger partial charge in [0.2, 0.25) is 0 Å². The lowest BCUT2D eigenvalue weighted by Gasteiger charge is -2.09. The van der Waals surface area contributed by atoms with Crippen molar-refractivity contribution in [3.63, 3.8) is 0 Å². The molecule has 0 aliphatic heterocycles. The van der Waals surface area contributed by atoms with Crippen molar-refractivity contribution in [2.45, 2.75) is 18.4 Å². The van der Waals surface area contributed by atoms with Crippen LogP contribution in [0.3, 0.4) is 0 Å². The van der Waals surface area contributed by atoms with Crippen molar-refractivity contribution in [1.29, 1.82) is 0 Å². The number of hydrogen-bond acceptors (Lipinski definition) is 4. The lowest BCUT2D eigenvalue weighted by atomic mass is 10.3. The van der Waals surface area contributed by atoms with E-state index < -0.39 is 10.0 Å². The molecular formula is C13H15BrN2O2S2. The molecule has 0 radical (unpaired) electrons. The van der Waals surface area contributed by atoms with E-state index in [1.54, 1.807) is 35.7 Å². The largest absolute Gasteiger partial charge is 0.312 e. The van der Waals surface area contributed by atoms with Crippen LogP contribution in [0.1, 0.15) is 11.8 Å². The molecule has 0 spiro atoms. The van der Waals surface area contributed by atoms with Gasteiger partial charge in [-0.2, -0.15) is 0 Å². The van der Waals surface area contributed by atoms with E-state index in [-0.39, 0.29) is 0 Å². The third-order valence-corrected chi connectivity index (χ3v) is 5.67. The van der Waals surface area contributed by atoms with Crippen molar-refractivity contribution in [2.24, 2.45) is 0 Å². The van der Waals surface area contributed by atoms with E-state index in [2.05, 4.69) is 26.0 Å². The summed E-state index contributed by atoms with van der Waals surface area (Å²) >= 11 is 4.76. The fourth-order valence-electron chi connectivity index (χ4n) is 1.66. The molecule has 108 valence electrons. The first kappa shape index (κ1) is 15.5. The van der Waals surface area contributed by atoms with E-state index in [0.29, 0.717) is 17.1 Å². The summed E-state index contributed by atoms with van der Waals surface area (Å²) in [6.07, 6.45) is 0. The van der Waals surface area contributed by atoms with E-state index in [4.69, 9.17) is 0 Å². The van der Waals surface area contributed by atoms with Gasteiger partial charge in [0.1, 0.15) is 4.90 Å². The topological polar surface area (TPSA) is 58.2 Å². The molecule has 20 heavy (non-hydrogen) atoms. The van der Waals surface area contributed by atoms with Crippen LogP contribution in [0.2, 0.25) is 0 Å². The molecule has 1 aromatic carbocycles. The van der Waals surface area contributed by atoms with Gasteiger partial charge in [0.25, 0.3) is 10.0 Å². The van der Waals surface area contributed by atoms with Crippen molar-refractivity contribution >= 4 is 43.0 Å². The van der Waals surface area contributed by atoms with Gasteiger partial charge in [-0.25, -0.2) is 8.42 Å². The van der Waals surface area contributed by atoms with Crippen molar-refractivity contribution in [3.8, 4) is 0 Å². The number of nitrogens with one attached hydrogen (secondary N) is 2. The van der Waals surface area contributed by atoms with Gasteiger partial charge in [0.05, 0.1) is 0 Å². The number of anilines is 1. The zero-order valence-corrected chi connectivity index (χ0v) is 14.1. The van der Waals surface area contributed by atoms with Gasteiger partial charge in [-0.1, -0.05) is 22.9 Å². The summed E-state index contributed by atoms with van der Waals surface area (Å²) in [4.78, 5) is 1.16. The number of thiophene rings is 1. The molecule has 2 rings (SSSR count). The highest BCUT2D eigenvalue weighted by molar-refractivity contribution is 9.10. The molecule has 0 saturated heterocycles. The summed E-state index contributed by atoms with van der Waals surface area (Å²) < 4.78 is 28.3. The van der Waals surface area contributed by atoms with Gasteiger partial charge in [0.15, 0.2) is 0 Å². The Morgan fingerprint density at radius 1 is 1.20 bits per heavy atom. The van der Waals surface area contributed by atoms with Crippen LogP contribution in [0.15, 0.2) is 45.1 Å². The van der Waals surface area contributed by atoms with Gasteiger partial charge in [-0.05, 0) is 42.3 Å². The molecule has 1 aromatic heterocycles. The Hall–Kier alpha value is -0.890. The van der Waals surface area contributed by atoms with Gasteiger partial charge in [-0.15, -0.1) is 11.3 Å². The van der Waals surface area contributed by atoms with E-state index in [1.165, 1.54) is 11.3 Å². The second kappa shape index (κ2) is 6.71. The Kier molecular flexibility index (Phi) is 5.20. The molecule has 0 amide bonds. The van der Waals surface area contributed by atoms with Crippen molar-refractivity contribution < 1.29 is 8.42 Å². The molecule has 2 aromatic rings. The monoisotopic (exact) mass is 374 g/mol. The maximum atomic E-state index is 12.4. The molecule has 2 N–H and O–H groups in total. The Morgan fingerprint density at radius 3 is 2.55 bits per heavy atom. The van der Waals surface area contributed by atoms with Gasteiger partial charge < -0.3 is 5.32 Å². The van der Waals surface area contributed by atoms with Gasteiger partial charge in [-0.3, -0.25) is 4.72 Å². The first-order chi connectivity index (χ1) is 9.53. The molecule has 4 nitrogen and oxygen atoms in total. The number of benzene rings is 1. The smallest absolute Gasteiger partial charge is 0.263 e. The first-order valence-corrected chi connectivity index (χ1v) is 9.24. The van der Waals surface area contributed by atoms with Crippen molar-refractivity contribution in [3.05, 3.63) is 45.1 Å². The van der Waals surface area contributed by atoms with E-state index >= 15 is 0 Å². The Balaban J connectivity index is 2.22. The van der Waals surface area contributed by atoms with E-state index in [1.807, 2.05) is 6.92 Å². The SMILES string of the molecule is CCNCc1sccc1S(=O)(=O)Nc1ccc(Br)cc1. The molecular weight excluding hydrogens is 360 g/mol. The van der Waals surface area contributed by atoms with Crippen LogP contribution in [-0.2, 0) is 16.6 Å². The summed E-state index contributed by atoms with van der Waals surface area (Å²) in [5.74, 6) is 0. The highest BCUT2D eigenvalue weighted by atomic mass is 79.9. The highest BCUT2D eigenvalue weighted by Crippen LogP contribution is 2.25. The van der Waals surface area contributed by atoms with Crippen LogP contribution >= 0.6 is 27.3 Å². The molecule has 0 saturated carbocycles. The normalized spacial score (nSPS) is 11.5. The van der Waals surface area contributed by atoms with E-state index in [0.717, 1.165) is 15.9 Å². The maximum Gasteiger partial charge on any atom is 0.263 e. The molecule has 0 unspecified atom stereocenters. The second-order valence-electron chi connectivity index (χ2n) is 4.10. The number of rotatable bonds is 6. The minimum absolute atomic E-state index is 0.339. The van der Waals surface area contributed by atoms with Crippen LogP contribution in [-0.4, -0.2) is 15.0 Å². The second-order valence-corrected chi connectivity index (χ2v) is 7.67. The lowest BCUT2D eigenvalue weighted by molar-refractivity contribution is 0.599. The number of sulfonamides is 1. The van der Waals surface area contributed by atoms with Crippen LogP contribution in [0, 0.1) is 0 Å². The Bertz CT molecular complexity index is 666. The summed E-state index contributed by atoms with van der Waals surface area (Å²) in [6, 6.07) is 8.67. The van der Waals surface area contributed by atoms with E-state index in [9.17, 15) is 8.42 Å². The summed E-state index contributed by atoms with van der Waals surface area (Å²) in [7, 11) is -3.54. The molecule has 7 heteroatoms. The number of hydrogen-bond donors (Lipinski definition) is 2. The van der Waals surface area contributed by atoms with Crippen LogP contribution < -0.4 is 10.0 Å². The van der Waals surface area contributed by atoms with Crippen LogP contribution in [0.4, 0.5) is 5.69 Å². The third-order valence-electron chi connectivity index (χ3n) is 2.63. The Morgan fingerprint density at radius 2 is 1.90 bits per heavy atom. The molecule has 1 heterocycles. The average molecular weight is 375 g/mol. The molecule has 0 aliphatic carbocycles. The predicted molar refractivity (Wildman–Crippen MR) is 86.7 cm³/mol. The Labute approximate surface area is 131 Å². The average Bonchev–Trinajstić information content (AvgIpc) is 2.88. The number of halogens is 1. The summed E-state index contributed by atoms with van der Waals surface area (Å²) in [5.41, 5.74) is 0.550. The minimum Gasteiger partial charge on any atom is -0.312 e. The lowest BCUT2D eigenvalue weighted by Crippen LogP contribution is -2.17. The zero-order valence-electron chi connectivity index (χ0n) is 10.9. The third kappa shape index (κ3) is 3.82. The minimum atomic E-state index is -3.54. The zero-order chi connectivity index (χ0) is 14.6. The van der Waals surface area contributed by atoms with Crippen LogP contribution in [0.25, 0.3) is 0 Å². The standard InChI is InChI=1S/C13H15BrN2O2S2/c1-2-15-9-12-13(7-8-19-12)20(17,18)16-11-5-3-10(14)4-6-11/h3-8,15-16H,2,9H2,1H3. The quantitative estimate of drug-likeness (QED) is 0.814.